The Kier molecular flexibility index (Phi) is 4.69. The van der Waals surface area contributed by atoms with Crippen LogP contribution in [0.15, 0.2) is 12.4 Å². The highest BCUT2D eigenvalue weighted by Crippen LogP contribution is 2.19. The summed E-state index contributed by atoms with van der Waals surface area (Å²) < 4.78 is 5.27. The lowest BCUT2D eigenvalue weighted by Crippen LogP contribution is -2.33. The Bertz CT molecular complexity index is 350. The monoisotopic (exact) mass is 239 g/mol. The smallest absolute Gasteiger partial charge is 0.218 e. The zero-order valence-corrected chi connectivity index (χ0v) is 10.9. The van der Waals surface area contributed by atoms with Crippen LogP contribution in [0.1, 0.15) is 27.7 Å². The minimum atomic E-state index is -0.437. The second-order valence-corrected chi connectivity index (χ2v) is 4.94. The van der Waals surface area contributed by atoms with Crippen LogP contribution in [0.5, 0.6) is 5.88 Å². The first kappa shape index (κ1) is 13.7. The van der Waals surface area contributed by atoms with Gasteiger partial charge in [-0.15, -0.1) is 0 Å². The van der Waals surface area contributed by atoms with Gasteiger partial charge in [0.1, 0.15) is 12.1 Å². The van der Waals surface area contributed by atoms with Gasteiger partial charge in [0.15, 0.2) is 0 Å². The minimum absolute atomic E-state index is 0.150. The molecule has 0 unspecified atom stereocenters. The van der Waals surface area contributed by atoms with E-state index in [-0.39, 0.29) is 5.41 Å². The number of anilines is 1. The van der Waals surface area contributed by atoms with Crippen LogP contribution in [0.2, 0.25) is 0 Å². The molecule has 2 N–H and O–H groups in total. The lowest BCUT2D eigenvalue weighted by molar-refractivity contribution is 0.0745. The fraction of sp³-hybridized carbons (Fsp3) is 0.667. The Morgan fingerprint density at radius 2 is 2.12 bits per heavy atom. The number of nitrogens with one attached hydrogen (secondary N) is 1. The van der Waals surface area contributed by atoms with E-state index in [1.807, 2.05) is 27.7 Å². The molecule has 0 aliphatic rings. The second kappa shape index (κ2) is 5.82. The van der Waals surface area contributed by atoms with Crippen LogP contribution in [-0.4, -0.2) is 34.3 Å². The average molecular weight is 239 g/mol. The lowest BCUT2D eigenvalue weighted by atomic mass is 9.89. The zero-order chi connectivity index (χ0) is 12.9. The van der Waals surface area contributed by atoms with E-state index in [1.54, 1.807) is 6.07 Å². The maximum Gasteiger partial charge on any atom is 0.218 e. The maximum absolute atomic E-state index is 9.88. The highest BCUT2D eigenvalue weighted by Gasteiger charge is 2.21. The van der Waals surface area contributed by atoms with Gasteiger partial charge in [0, 0.05) is 12.6 Å². The largest absolute Gasteiger partial charge is 0.478 e. The summed E-state index contributed by atoms with van der Waals surface area (Å²) in [5.74, 6) is 1.20. The molecule has 5 heteroatoms. The van der Waals surface area contributed by atoms with Crippen molar-refractivity contribution in [2.45, 2.75) is 33.8 Å². The standard InChI is InChI=1S/C12H21N3O2/c1-5-17-11-6-10(14-8-15-11)13-7-9(16)12(2,3)4/h6,8-9,16H,5,7H2,1-4H3,(H,13,14,15)/t9-/m1/s1. The van der Waals surface area contributed by atoms with E-state index >= 15 is 0 Å². The molecule has 96 valence electrons. The third-order valence-corrected chi connectivity index (χ3v) is 2.41. The van der Waals surface area contributed by atoms with E-state index in [9.17, 15) is 5.11 Å². The summed E-state index contributed by atoms with van der Waals surface area (Å²) in [7, 11) is 0. The summed E-state index contributed by atoms with van der Waals surface area (Å²) in [6.07, 6.45) is 1.00. The van der Waals surface area contributed by atoms with Crippen molar-refractivity contribution in [2.24, 2.45) is 5.41 Å². The molecule has 1 heterocycles. The van der Waals surface area contributed by atoms with Gasteiger partial charge in [0.25, 0.3) is 0 Å². The molecule has 0 aliphatic carbocycles. The molecule has 1 aromatic heterocycles. The number of hydrogen-bond acceptors (Lipinski definition) is 5. The summed E-state index contributed by atoms with van der Waals surface area (Å²) in [6.45, 7) is 8.90. The lowest BCUT2D eigenvalue weighted by Gasteiger charge is -2.26. The summed E-state index contributed by atoms with van der Waals surface area (Å²) >= 11 is 0. The van der Waals surface area contributed by atoms with Gasteiger partial charge in [-0.1, -0.05) is 20.8 Å². The van der Waals surface area contributed by atoms with Crippen molar-refractivity contribution in [3.8, 4) is 5.88 Å². The molecule has 0 aliphatic heterocycles. The molecule has 0 spiro atoms. The molecule has 0 saturated carbocycles. The summed E-state index contributed by atoms with van der Waals surface area (Å²) in [5.41, 5.74) is -0.150. The quantitative estimate of drug-likeness (QED) is 0.818. The number of aliphatic hydroxyl groups is 1. The Morgan fingerprint density at radius 1 is 1.41 bits per heavy atom. The molecule has 1 rings (SSSR count). The van der Waals surface area contributed by atoms with Crippen LogP contribution in [0.3, 0.4) is 0 Å². The van der Waals surface area contributed by atoms with Crippen LogP contribution in [0.4, 0.5) is 5.82 Å². The molecular formula is C12H21N3O2. The number of ether oxygens (including phenoxy) is 1. The van der Waals surface area contributed by atoms with Gasteiger partial charge in [0.05, 0.1) is 12.7 Å². The summed E-state index contributed by atoms with van der Waals surface area (Å²) in [5, 5.41) is 13.0. The first-order valence-corrected chi connectivity index (χ1v) is 5.80. The highest BCUT2D eigenvalue weighted by atomic mass is 16.5. The van der Waals surface area contributed by atoms with Crippen LogP contribution in [-0.2, 0) is 0 Å². The average Bonchev–Trinajstić information content (AvgIpc) is 2.25. The molecule has 0 aromatic carbocycles. The molecule has 1 atom stereocenters. The van der Waals surface area contributed by atoms with Gasteiger partial charge in [-0.05, 0) is 12.3 Å². The number of aromatic nitrogens is 2. The zero-order valence-electron chi connectivity index (χ0n) is 10.9. The molecule has 0 saturated heterocycles. The second-order valence-electron chi connectivity index (χ2n) is 4.94. The maximum atomic E-state index is 9.88. The molecule has 0 radical (unpaired) electrons. The molecule has 0 bridgehead atoms. The molecule has 5 nitrogen and oxygen atoms in total. The van der Waals surface area contributed by atoms with Crippen molar-refractivity contribution in [2.75, 3.05) is 18.5 Å². The molecule has 1 aromatic rings. The Labute approximate surface area is 102 Å². The fourth-order valence-electron chi connectivity index (χ4n) is 1.17. The van der Waals surface area contributed by atoms with E-state index in [0.29, 0.717) is 24.8 Å². The van der Waals surface area contributed by atoms with Gasteiger partial charge in [0.2, 0.25) is 5.88 Å². The SMILES string of the molecule is CCOc1cc(NC[C@@H](O)C(C)(C)C)ncn1. The van der Waals surface area contributed by atoms with Gasteiger partial charge in [-0.3, -0.25) is 0 Å². The number of hydrogen-bond donors (Lipinski definition) is 2. The van der Waals surface area contributed by atoms with Crippen LogP contribution in [0, 0.1) is 5.41 Å². The third-order valence-electron chi connectivity index (χ3n) is 2.41. The minimum Gasteiger partial charge on any atom is -0.478 e. The normalized spacial score (nSPS) is 13.2. The molecule has 0 fully saturated rings. The Morgan fingerprint density at radius 3 is 2.71 bits per heavy atom. The number of nitrogens with zero attached hydrogens (tertiary/aromatic N) is 2. The first-order valence-electron chi connectivity index (χ1n) is 5.80. The summed E-state index contributed by atoms with van der Waals surface area (Å²) in [4.78, 5) is 8.03. The van der Waals surface area contributed by atoms with Gasteiger partial charge in [-0.2, -0.15) is 0 Å². The van der Waals surface area contributed by atoms with E-state index < -0.39 is 6.10 Å². The predicted molar refractivity (Wildman–Crippen MR) is 67.2 cm³/mol. The van der Waals surface area contributed by atoms with Crippen molar-refractivity contribution in [3.05, 3.63) is 12.4 Å². The van der Waals surface area contributed by atoms with Crippen LogP contribution >= 0.6 is 0 Å². The number of rotatable bonds is 5. The van der Waals surface area contributed by atoms with Gasteiger partial charge < -0.3 is 15.2 Å². The van der Waals surface area contributed by atoms with Crippen molar-refractivity contribution < 1.29 is 9.84 Å². The highest BCUT2D eigenvalue weighted by molar-refractivity contribution is 5.37. The van der Waals surface area contributed by atoms with Crippen molar-refractivity contribution in [1.82, 2.24) is 9.97 Å². The van der Waals surface area contributed by atoms with Gasteiger partial charge in [-0.25, -0.2) is 9.97 Å². The van der Waals surface area contributed by atoms with Crippen LogP contribution < -0.4 is 10.1 Å². The van der Waals surface area contributed by atoms with E-state index in [4.69, 9.17) is 4.74 Å². The van der Waals surface area contributed by atoms with E-state index in [1.165, 1.54) is 6.33 Å². The van der Waals surface area contributed by atoms with Gasteiger partial charge >= 0.3 is 0 Å². The Hall–Kier alpha value is -1.36. The molecule has 17 heavy (non-hydrogen) atoms. The van der Waals surface area contributed by atoms with Crippen molar-refractivity contribution >= 4 is 5.82 Å². The Balaban J connectivity index is 2.54. The fourth-order valence-corrected chi connectivity index (χ4v) is 1.17. The number of aliphatic hydroxyl groups excluding tert-OH is 1. The molecular weight excluding hydrogens is 218 g/mol. The van der Waals surface area contributed by atoms with Crippen LogP contribution in [0.25, 0.3) is 0 Å². The van der Waals surface area contributed by atoms with Crippen molar-refractivity contribution in [3.63, 3.8) is 0 Å². The molecule has 0 amide bonds. The predicted octanol–water partition coefficient (Wildman–Crippen LogP) is 1.69. The van der Waals surface area contributed by atoms with Crippen molar-refractivity contribution in [1.29, 1.82) is 0 Å². The first-order chi connectivity index (χ1) is 7.93. The van der Waals surface area contributed by atoms with E-state index in [0.717, 1.165) is 0 Å². The summed E-state index contributed by atoms with van der Waals surface area (Å²) in [6, 6.07) is 1.72. The third kappa shape index (κ3) is 4.56. The van der Waals surface area contributed by atoms with E-state index in [2.05, 4.69) is 15.3 Å². The topological polar surface area (TPSA) is 67.3 Å².